The molecular weight excluding hydrogens is 572 g/mol. The first-order valence-electron chi connectivity index (χ1n) is 16.5. The highest BCUT2D eigenvalue weighted by Crippen LogP contribution is 2.48. The van der Waals surface area contributed by atoms with Gasteiger partial charge in [-0.15, -0.1) is 11.6 Å². The lowest BCUT2D eigenvalue weighted by Gasteiger charge is -2.47. The molecule has 3 saturated carbocycles. The monoisotopic (exact) mass is 618 g/mol. The number of thioether (sulfide) groups is 1. The van der Waals surface area contributed by atoms with Crippen LogP contribution in [0.1, 0.15) is 81.8 Å². The van der Waals surface area contributed by atoms with Crippen molar-refractivity contribution in [1.29, 1.82) is 0 Å². The fraction of sp³-hybridized carbons (Fsp3) is 0.844. The molecule has 8 nitrogen and oxygen atoms in total. The quantitative estimate of drug-likeness (QED) is 0.401. The number of nitrogens with one attached hydrogen (secondary N) is 1. The van der Waals surface area contributed by atoms with Crippen LogP contribution < -0.4 is 10.9 Å². The van der Waals surface area contributed by atoms with Gasteiger partial charge in [0.1, 0.15) is 5.82 Å². The molecule has 7 rings (SSSR count). The zero-order valence-corrected chi connectivity index (χ0v) is 26.6. The minimum Gasteiger partial charge on any atom is -0.481 e. The molecule has 2 saturated heterocycles. The van der Waals surface area contributed by atoms with Crippen molar-refractivity contribution in [2.45, 2.75) is 138 Å². The third kappa shape index (κ3) is 5.82. The Labute approximate surface area is 258 Å². The molecule has 6 aliphatic rings. The van der Waals surface area contributed by atoms with Gasteiger partial charge in [0.25, 0.3) is 5.56 Å². The Morgan fingerprint density at radius 1 is 1.12 bits per heavy atom. The van der Waals surface area contributed by atoms with Crippen molar-refractivity contribution in [3.8, 4) is 0 Å². The maximum atomic E-state index is 13.8. The van der Waals surface area contributed by atoms with Gasteiger partial charge in [0, 0.05) is 52.2 Å². The topological polar surface area (TPSA) is 96.7 Å². The lowest BCUT2D eigenvalue weighted by atomic mass is 9.70. The molecule has 2 N–H and O–H groups in total. The molecular formula is C32H47ClN4O4S. The standard InChI is InChI=1S/C32H47ClN4O4S/c1-17-13-24(30-29(34-17)26(16-42-30)32(39)40)23-14-19(33)3-10-28(23)41-12-11-36-18(2)35-27-9-8-22(15-25(27)31(36)38)37(20-4-5-20)21-6-7-21/h17,19-24,26,28-30,34H,3-16H2,1-2H3,(H,39,40). The highest BCUT2D eigenvalue weighted by Gasteiger charge is 2.52. The summed E-state index contributed by atoms with van der Waals surface area (Å²) >= 11 is 8.57. The van der Waals surface area contributed by atoms with Gasteiger partial charge in [0.15, 0.2) is 0 Å². The van der Waals surface area contributed by atoms with E-state index in [2.05, 4.69) is 17.1 Å². The molecule has 5 fully saturated rings. The van der Waals surface area contributed by atoms with Gasteiger partial charge in [0.2, 0.25) is 0 Å². The van der Waals surface area contributed by atoms with Gasteiger partial charge in [-0.3, -0.25) is 19.1 Å². The highest BCUT2D eigenvalue weighted by atomic mass is 35.5. The first-order valence-corrected chi connectivity index (χ1v) is 18.0. The average molecular weight is 619 g/mol. The summed E-state index contributed by atoms with van der Waals surface area (Å²) in [6.45, 7) is 5.14. The van der Waals surface area contributed by atoms with E-state index in [0.29, 0.717) is 36.8 Å². The number of nitrogens with zero attached hydrogens (tertiary/aromatic N) is 3. The van der Waals surface area contributed by atoms with Crippen molar-refractivity contribution in [1.82, 2.24) is 19.8 Å². The van der Waals surface area contributed by atoms with Crippen LogP contribution in [0.2, 0.25) is 0 Å². The highest BCUT2D eigenvalue weighted by molar-refractivity contribution is 8.00. The lowest BCUT2D eigenvalue weighted by molar-refractivity contribution is -0.142. The molecule has 0 spiro atoms. The molecule has 0 bridgehead atoms. The number of hydrogen-bond acceptors (Lipinski definition) is 7. The molecule has 0 aromatic carbocycles. The van der Waals surface area contributed by atoms with Crippen molar-refractivity contribution in [3.05, 3.63) is 27.4 Å². The summed E-state index contributed by atoms with van der Waals surface area (Å²) in [7, 11) is 0. The Morgan fingerprint density at radius 2 is 1.88 bits per heavy atom. The van der Waals surface area contributed by atoms with E-state index < -0.39 is 5.97 Å². The Morgan fingerprint density at radius 3 is 2.60 bits per heavy atom. The normalized spacial score (nSPS) is 38.3. The number of carboxylic acids is 1. The van der Waals surface area contributed by atoms with E-state index in [1.807, 2.05) is 23.3 Å². The van der Waals surface area contributed by atoms with Gasteiger partial charge in [-0.25, -0.2) is 4.98 Å². The molecule has 3 heterocycles. The van der Waals surface area contributed by atoms with Crippen LogP contribution in [0.4, 0.5) is 0 Å². The Balaban J connectivity index is 1.04. The molecule has 4 aliphatic carbocycles. The maximum Gasteiger partial charge on any atom is 0.308 e. The van der Waals surface area contributed by atoms with E-state index in [9.17, 15) is 14.7 Å². The van der Waals surface area contributed by atoms with Gasteiger partial charge in [-0.1, -0.05) is 0 Å². The number of ether oxygens (including phenoxy) is 1. The number of aliphatic carboxylic acids is 1. The van der Waals surface area contributed by atoms with Crippen LogP contribution >= 0.6 is 23.4 Å². The van der Waals surface area contributed by atoms with Crippen molar-refractivity contribution >= 4 is 29.3 Å². The molecule has 0 amide bonds. The van der Waals surface area contributed by atoms with E-state index in [-0.39, 0.29) is 40.3 Å². The van der Waals surface area contributed by atoms with Gasteiger partial charge in [-0.05, 0) is 96.3 Å². The van der Waals surface area contributed by atoms with Crippen LogP contribution in [0, 0.1) is 24.7 Å². The number of aromatic nitrogens is 2. The lowest BCUT2D eigenvalue weighted by Crippen LogP contribution is -2.57. The minimum atomic E-state index is -0.694. The number of halogens is 1. The first kappa shape index (κ1) is 29.6. The predicted molar refractivity (Wildman–Crippen MR) is 166 cm³/mol. The van der Waals surface area contributed by atoms with Crippen LogP contribution in [0.15, 0.2) is 4.79 Å². The summed E-state index contributed by atoms with van der Waals surface area (Å²) in [6, 6.07) is 2.24. The Hall–Kier alpha value is -1.13. The average Bonchev–Trinajstić information content (AvgIpc) is 3.90. The number of rotatable bonds is 9. The zero-order valence-electron chi connectivity index (χ0n) is 25.1. The smallest absolute Gasteiger partial charge is 0.308 e. The molecule has 42 heavy (non-hydrogen) atoms. The van der Waals surface area contributed by atoms with Crippen LogP contribution in [-0.4, -0.2) is 84.8 Å². The largest absolute Gasteiger partial charge is 0.481 e. The number of fused-ring (bicyclic) bond motifs is 2. The van der Waals surface area contributed by atoms with Gasteiger partial charge < -0.3 is 15.2 Å². The second kappa shape index (κ2) is 12.0. The fourth-order valence-electron chi connectivity index (χ4n) is 8.88. The molecule has 9 unspecified atom stereocenters. The van der Waals surface area contributed by atoms with Crippen molar-refractivity contribution in [2.24, 2.45) is 17.8 Å². The van der Waals surface area contributed by atoms with Crippen LogP contribution in [0.5, 0.6) is 0 Å². The molecule has 1 aromatic rings. The Kier molecular flexibility index (Phi) is 8.45. The molecule has 10 heteroatoms. The van der Waals surface area contributed by atoms with Crippen LogP contribution in [0.25, 0.3) is 0 Å². The third-order valence-corrected chi connectivity index (χ3v) is 13.1. The van der Waals surface area contributed by atoms with E-state index in [4.69, 9.17) is 21.3 Å². The molecule has 232 valence electrons. The van der Waals surface area contributed by atoms with Gasteiger partial charge in [0.05, 0.1) is 30.9 Å². The summed E-state index contributed by atoms with van der Waals surface area (Å²) < 4.78 is 8.51. The molecule has 9 atom stereocenters. The van der Waals surface area contributed by atoms with Crippen LogP contribution in [0.3, 0.4) is 0 Å². The number of carbonyl (C=O) groups is 1. The van der Waals surface area contributed by atoms with E-state index in [1.54, 1.807) is 0 Å². The van der Waals surface area contributed by atoms with E-state index >= 15 is 0 Å². The van der Waals surface area contributed by atoms with Crippen molar-refractivity contribution in [2.75, 3.05) is 12.4 Å². The summed E-state index contributed by atoms with van der Waals surface area (Å²) in [4.78, 5) is 33.5. The minimum absolute atomic E-state index is 0.0000207. The molecule has 0 radical (unpaired) electrons. The number of aryl methyl sites for hydroxylation is 2. The van der Waals surface area contributed by atoms with E-state index in [0.717, 1.165) is 74.1 Å². The number of piperidine rings is 1. The predicted octanol–water partition coefficient (Wildman–Crippen LogP) is 4.01. The van der Waals surface area contributed by atoms with Crippen LogP contribution in [-0.2, 0) is 28.9 Å². The van der Waals surface area contributed by atoms with Gasteiger partial charge in [-0.2, -0.15) is 11.8 Å². The molecule has 1 aromatic heterocycles. The third-order valence-electron chi connectivity index (χ3n) is 11.1. The van der Waals surface area contributed by atoms with Crippen molar-refractivity contribution < 1.29 is 14.6 Å². The maximum absolute atomic E-state index is 13.8. The zero-order chi connectivity index (χ0) is 29.1. The summed E-state index contributed by atoms with van der Waals surface area (Å²) in [5.41, 5.74) is 2.08. The molecule has 2 aliphatic heterocycles. The first-order chi connectivity index (χ1) is 20.3. The number of hydrogen-bond donors (Lipinski definition) is 2. The summed E-state index contributed by atoms with van der Waals surface area (Å²) in [5.74, 6) is 1.10. The summed E-state index contributed by atoms with van der Waals surface area (Å²) in [5, 5.41) is 13.9. The number of carboxylic acid groups (broad SMARTS) is 1. The summed E-state index contributed by atoms with van der Waals surface area (Å²) in [6.07, 6.45) is 12.0. The SMILES string of the molecule is Cc1nc2c(c(=O)n1CCOC1CCC(Cl)CC1C1CC(C)NC3C(C(=O)O)CSC13)CC(N(C1CC1)C1CC1)CC2. The fourth-order valence-corrected chi connectivity index (χ4v) is 11.0. The van der Waals surface area contributed by atoms with Crippen molar-refractivity contribution in [3.63, 3.8) is 0 Å². The number of alkyl halides is 1. The van der Waals surface area contributed by atoms with E-state index in [1.165, 1.54) is 25.7 Å². The van der Waals surface area contributed by atoms with Gasteiger partial charge >= 0.3 is 5.97 Å². The second-order valence-corrected chi connectivity index (χ2v) is 15.9. The Bertz CT molecular complexity index is 1230. The second-order valence-electron chi connectivity index (χ2n) is 14.1.